The average Bonchev–Trinajstić information content (AvgIpc) is 3.16. The average molecular weight is 494 g/mol. The van der Waals surface area contributed by atoms with E-state index in [4.69, 9.17) is 0 Å². The van der Waals surface area contributed by atoms with Crippen LogP contribution in [0.5, 0.6) is 5.75 Å². The molecule has 4 unspecified atom stereocenters. The van der Waals surface area contributed by atoms with Gasteiger partial charge < -0.3 is 5.11 Å². The lowest BCUT2D eigenvalue weighted by molar-refractivity contribution is -0.123. The first-order valence-corrected chi connectivity index (χ1v) is 12.8. The summed E-state index contributed by atoms with van der Waals surface area (Å²) in [4.78, 5) is 55.3. The first kappa shape index (κ1) is 23.3. The van der Waals surface area contributed by atoms with Crippen molar-refractivity contribution in [3.8, 4) is 5.75 Å². The van der Waals surface area contributed by atoms with Crippen LogP contribution in [0.25, 0.3) is 0 Å². The quantitative estimate of drug-likeness (QED) is 0.384. The van der Waals surface area contributed by atoms with Gasteiger partial charge in [-0.15, -0.1) is 0 Å². The first-order valence-electron chi connectivity index (χ1n) is 12.8. The summed E-state index contributed by atoms with van der Waals surface area (Å²) in [5.74, 6) is -2.87. The fourth-order valence-electron chi connectivity index (χ4n) is 6.60. The van der Waals surface area contributed by atoms with Crippen LogP contribution in [-0.4, -0.2) is 28.5 Å². The molecule has 0 aromatic heterocycles. The van der Waals surface area contributed by atoms with Crippen LogP contribution in [0.2, 0.25) is 0 Å². The molecule has 0 bridgehead atoms. The standard InChI is InChI=1S/C31H27NO5/c1-3-17-7-9-19(10-8-17)32-30(36)22-12-11-21-23(27(22)31(32)37)15-24-28(25(34)13-16(2)29(24)35)26(21)18-5-4-6-20(33)14-18/h4-11,13-14,22-23,26-27,33H,3,12,15H2,1-2H3. The largest absolute Gasteiger partial charge is 0.508 e. The van der Waals surface area contributed by atoms with Crippen LogP contribution < -0.4 is 4.90 Å². The molecule has 1 aliphatic heterocycles. The van der Waals surface area contributed by atoms with E-state index in [9.17, 15) is 24.3 Å². The molecule has 2 amide bonds. The zero-order valence-corrected chi connectivity index (χ0v) is 20.7. The van der Waals surface area contributed by atoms with E-state index in [2.05, 4.69) is 0 Å². The van der Waals surface area contributed by atoms with Gasteiger partial charge in [0.05, 0.1) is 17.5 Å². The topological polar surface area (TPSA) is 91.8 Å². The number of phenolic OH excluding ortho intramolecular Hbond substituents is 1. The van der Waals surface area contributed by atoms with Crippen LogP contribution in [0.15, 0.2) is 83.0 Å². The lowest BCUT2D eigenvalue weighted by Crippen LogP contribution is -2.39. The van der Waals surface area contributed by atoms with Crippen molar-refractivity contribution in [2.24, 2.45) is 17.8 Å². The third-order valence-corrected chi connectivity index (χ3v) is 8.37. The SMILES string of the molecule is CCc1ccc(N2C(=O)C3CC=C4C(c5cccc(O)c5)C5=C(CC4C3C2=O)C(=O)C(C)=CC5=O)cc1. The van der Waals surface area contributed by atoms with Crippen molar-refractivity contribution in [1.29, 1.82) is 0 Å². The zero-order valence-electron chi connectivity index (χ0n) is 20.7. The molecule has 1 fully saturated rings. The van der Waals surface area contributed by atoms with Gasteiger partial charge >= 0.3 is 0 Å². The third kappa shape index (κ3) is 3.46. The Balaban J connectivity index is 1.46. The Morgan fingerprint density at radius 2 is 1.73 bits per heavy atom. The number of anilines is 1. The molecule has 1 saturated heterocycles. The summed E-state index contributed by atoms with van der Waals surface area (Å²) in [6.07, 6.45) is 4.86. The zero-order chi connectivity index (χ0) is 26.0. The number of hydrogen-bond donors (Lipinski definition) is 1. The molecule has 6 heteroatoms. The van der Waals surface area contributed by atoms with Gasteiger partial charge in [-0.3, -0.25) is 24.1 Å². The van der Waals surface area contributed by atoms with Gasteiger partial charge in [0.25, 0.3) is 0 Å². The van der Waals surface area contributed by atoms with Crippen molar-refractivity contribution in [3.05, 3.63) is 94.1 Å². The fourth-order valence-corrected chi connectivity index (χ4v) is 6.60. The van der Waals surface area contributed by atoms with Gasteiger partial charge in [-0.05, 0) is 73.6 Å². The molecule has 1 heterocycles. The van der Waals surface area contributed by atoms with Gasteiger partial charge in [0.15, 0.2) is 11.6 Å². The number of amides is 2. The van der Waals surface area contributed by atoms with Crippen molar-refractivity contribution < 1.29 is 24.3 Å². The molecular weight excluding hydrogens is 466 g/mol. The summed E-state index contributed by atoms with van der Waals surface area (Å²) in [5.41, 5.74) is 4.48. The minimum absolute atomic E-state index is 0.0613. The number of benzene rings is 2. The van der Waals surface area contributed by atoms with Crippen LogP contribution >= 0.6 is 0 Å². The van der Waals surface area contributed by atoms with E-state index in [-0.39, 0.29) is 41.5 Å². The number of hydrogen-bond acceptors (Lipinski definition) is 5. The molecule has 2 aromatic rings. The summed E-state index contributed by atoms with van der Waals surface area (Å²) < 4.78 is 0. The molecule has 37 heavy (non-hydrogen) atoms. The number of rotatable bonds is 3. The minimum atomic E-state index is -0.610. The molecule has 1 N–H and O–H groups in total. The number of aromatic hydroxyl groups is 1. The van der Waals surface area contributed by atoms with Gasteiger partial charge in [0.2, 0.25) is 11.8 Å². The van der Waals surface area contributed by atoms with Crippen molar-refractivity contribution in [1.82, 2.24) is 0 Å². The monoisotopic (exact) mass is 493 g/mol. The molecule has 186 valence electrons. The Hall–Kier alpha value is -4.06. The molecule has 6 rings (SSSR count). The van der Waals surface area contributed by atoms with E-state index >= 15 is 0 Å². The van der Waals surface area contributed by atoms with Gasteiger partial charge in [-0.25, -0.2) is 0 Å². The Bertz CT molecular complexity index is 1480. The van der Waals surface area contributed by atoms with Crippen molar-refractivity contribution in [3.63, 3.8) is 0 Å². The van der Waals surface area contributed by atoms with Crippen LogP contribution in [0.3, 0.4) is 0 Å². The third-order valence-electron chi connectivity index (χ3n) is 8.37. The summed E-state index contributed by atoms with van der Waals surface area (Å²) in [7, 11) is 0. The number of fused-ring (bicyclic) bond motifs is 3. The number of imide groups is 1. The summed E-state index contributed by atoms with van der Waals surface area (Å²) in [6.45, 7) is 3.68. The first-order chi connectivity index (χ1) is 17.8. The lowest BCUT2D eigenvalue weighted by atomic mass is 9.59. The smallest absolute Gasteiger partial charge is 0.238 e. The second-order valence-electron chi connectivity index (χ2n) is 10.4. The summed E-state index contributed by atoms with van der Waals surface area (Å²) in [6, 6.07) is 14.2. The van der Waals surface area contributed by atoms with Crippen molar-refractivity contribution in [2.75, 3.05) is 4.90 Å². The van der Waals surface area contributed by atoms with Crippen LogP contribution in [0, 0.1) is 17.8 Å². The van der Waals surface area contributed by atoms with Crippen molar-refractivity contribution >= 4 is 29.1 Å². The highest BCUT2D eigenvalue weighted by Gasteiger charge is 2.56. The maximum absolute atomic E-state index is 13.9. The van der Waals surface area contributed by atoms with E-state index in [1.54, 1.807) is 25.1 Å². The Kier molecular flexibility index (Phi) is 5.37. The summed E-state index contributed by atoms with van der Waals surface area (Å²) >= 11 is 0. The van der Waals surface area contributed by atoms with E-state index in [0.29, 0.717) is 34.4 Å². The molecule has 6 nitrogen and oxygen atoms in total. The number of phenols is 1. The Morgan fingerprint density at radius 1 is 0.973 bits per heavy atom. The van der Waals surface area contributed by atoms with E-state index in [0.717, 1.165) is 17.6 Å². The maximum Gasteiger partial charge on any atom is 0.238 e. The maximum atomic E-state index is 13.9. The molecule has 3 aliphatic carbocycles. The Labute approximate surface area is 215 Å². The number of ketones is 2. The highest BCUT2D eigenvalue weighted by atomic mass is 16.3. The van der Waals surface area contributed by atoms with E-state index in [1.807, 2.05) is 43.3 Å². The van der Waals surface area contributed by atoms with Gasteiger partial charge in [0, 0.05) is 22.6 Å². The molecular formula is C31H27NO5. The van der Waals surface area contributed by atoms with Crippen LogP contribution in [0.1, 0.15) is 43.7 Å². The molecule has 0 radical (unpaired) electrons. The van der Waals surface area contributed by atoms with Crippen molar-refractivity contribution in [2.45, 2.75) is 39.0 Å². The highest BCUT2D eigenvalue weighted by Crippen LogP contribution is 2.55. The van der Waals surface area contributed by atoms with Gasteiger partial charge in [-0.2, -0.15) is 0 Å². The lowest BCUT2D eigenvalue weighted by Gasteiger charge is -2.42. The predicted octanol–water partition coefficient (Wildman–Crippen LogP) is 4.59. The predicted molar refractivity (Wildman–Crippen MR) is 138 cm³/mol. The van der Waals surface area contributed by atoms with Gasteiger partial charge in [0.1, 0.15) is 5.75 Å². The second kappa shape index (κ2) is 8.51. The van der Waals surface area contributed by atoms with Crippen LogP contribution in [0.4, 0.5) is 5.69 Å². The molecule has 0 saturated carbocycles. The fraction of sp³-hybridized carbons (Fsp3) is 0.290. The highest BCUT2D eigenvalue weighted by molar-refractivity contribution is 6.25. The number of Topliss-reactive ketones (excluding diaryl/α,β-unsaturated/α-hetero) is 1. The molecule has 0 spiro atoms. The van der Waals surface area contributed by atoms with Gasteiger partial charge in [-0.1, -0.05) is 42.8 Å². The van der Waals surface area contributed by atoms with E-state index < -0.39 is 17.8 Å². The molecule has 2 aromatic carbocycles. The Morgan fingerprint density at radius 3 is 2.43 bits per heavy atom. The molecule has 4 aliphatic rings. The second-order valence-corrected chi connectivity index (χ2v) is 10.4. The minimum Gasteiger partial charge on any atom is -0.508 e. The normalized spacial score (nSPS) is 27.0. The van der Waals surface area contributed by atoms with E-state index in [1.165, 1.54) is 11.0 Å². The number of carbonyl (C=O) groups is 4. The van der Waals surface area contributed by atoms with Crippen LogP contribution in [-0.2, 0) is 25.6 Å². The number of carbonyl (C=O) groups excluding carboxylic acids is 4. The molecule has 4 atom stereocenters. The number of aryl methyl sites for hydroxylation is 1. The summed E-state index contributed by atoms with van der Waals surface area (Å²) in [5, 5.41) is 10.2. The number of nitrogens with zero attached hydrogens (tertiary/aromatic N) is 1. The number of allylic oxidation sites excluding steroid dienone is 6.